The lowest BCUT2D eigenvalue weighted by Gasteiger charge is -2.34. The molecular formula is C12H16ClN3O3. The van der Waals surface area contributed by atoms with Crippen LogP contribution in [0.2, 0.25) is 5.02 Å². The van der Waals surface area contributed by atoms with E-state index in [2.05, 4.69) is 5.32 Å². The van der Waals surface area contributed by atoms with Gasteiger partial charge in [-0.1, -0.05) is 17.7 Å². The predicted molar refractivity (Wildman–Crippen MR) is 74.0 cm³/mol. The minimum Gasteiger partial charge on any atom is -0.373 e. The lowest BCUT2D eigenvalue weighted by atomic mass is 10.2. The maximum absolute atomic E-state index is 11.1. The van der Waals surface area contributed by atoms with Gasteiger partial charge < -0.3 is 15.0 Å². The van der Waals surface area contributed by atoms with Gasteiger partial charge in [-0.15, -0.1) is 0 Å². The summed E-state index contributed by atoms with van der Waals surface area (Å²) in [6.45, 7) is 2.50. The van der Waals surface area contributed by atoms with Gasteiger partial charge in [-0.05, 0) is 19.2 Å². The predicted octanol–water partition coefficient (Wildman–Crippen LogP) is 1.67. The maximum Gasteiger partial charge on any atom is 0.310 e. The van der Waals surface area contributed by atoms with Crippen LogP contribution in [0.4, 0.5) is 11.4 Å². The van der Waals surface area contributed by atoms with Gasteiger partial charge in [-0.2, -0.15) is 0 Å². The zero-order valence-electron chi connectivity index (χ0n) is 10.6. The van der Waals surface area contributed by atoms with Crippen LogP contribution in [0, 0.1) is 10.1 Å². The van der Waals surface area contributed by atoms with E-state index < -0.39 is 4.92 Å². The Bertz CT molecular complexity index is 468. The Balaban J connectivity index is 2.26. The average Bonchev–Trinajstić information content (AvgIpc) is 2.38. The van der Waals surface area contributed by atoms with Crippen molar-refractivity contribution in [2.24, 2.45) is 0 Å². The average molecular weight is 286 g/mol. The van der Waals surface area contributed by atoms with Gasteiger partial charge in [0.2, 0.25) is 0 Å². The number of halogens is 1. The van der Waals surface area contributed by atoms with Gasteiger partial charge in [0.15, 0.2) is 0 Å². The number of rotatable bonds is 4. The SMILES string of the molecule is CNCC1CN(c2cccc(Cl)c2[N+](=O)[O-])CCO1. The first-order valence-electron chi connectivity index (χ1n) is 6.07. The maximum atomic E-state index is 11.1. The topological polar surface area (TPSA) is 67.6 Å². The van der Waals surface area contributed by atoms with Crippen LogP contribution < -0.4 is 10.2 Å². The largest absolute Gasteiger partial charge is 0.373 e. The highest BCUT2D eigenvalue weighted by Gasteiger charge is 2.27. The Morgan fingerprint density at radius 2 is 2.42 bits per heavy atom. The first-order valence-corrected chi connectivity index (χ1v) is 6.45. The zero-order chi connectivity index (χ0) is 13.8. The molecule has 104 valence electrons. The van der Waals surface area contributed by atoms with Gasteiger partial charge in [0.25, 0.3) is 0 Å². The van der Waals surface area contributed by atoms with Crippen molar-refractivity contribution in [2.45, 2.75) is 6.10 Å². The van der Waals surface area contributed by atoms with Gasteiger partial charge in [0.1, 0.15) is 10.7 Å². The fourth-order valence-corrected chi connectivity index (χ4v) is 2.47. The molecule has 7 heteroatoms. The molecule has 0 bridgehead atoms. The molecule has 1 aliphatic heterocycles. The summed E-state index contributed by atoms with van der Waals surface area (Å²) < 4.78 is 5.59. The quantitative estimate of drug-likeness (QED) is 0.673. The second kappa shape index (κ2) is 6.18. The Morgan fingerprint density at radius 3 is 3.11 bits per heavy atom. The van der Waals surface area contributed by atoms with Crippen molar-refractivity contribution in [3.8, 4) is 0 Å². The lowest BCUT2D eigenvalue weighted by molar-refractivity contribution is -0.384. The van der Waals surface area contributed by atoms with E-state index in [-0.39, 0.29) is 16.8 Å². The highest BCUT2D eigenvalue weighted by atomic mass is 35.5. The third-order valence-corrected chi connectivity index (χ3v) is 3.36. The molecule has 0 amide bonds. The third kappa shape index (κ3) is 3.15. The monoisotopic (exact) mass is 285 g/mol. The van der Waals surface area contributed by atoms with E-state index in [1.807, 2.05) is 11.9 Å². The molecule has 1 atom stereocenters. The number of nitro benzene ring substituents is 1. The summed E-state index contributed by atoms with van der Waals surface area (Å²) in [6.07, 6.45) is 0.0253. The second-order valence-electron chi connectivity index (χ2n) is 4.36. The number of morpholine rings is 1. The van der Waals surface area contributed by atoms with Crippen LogP contribution in [0.25, 0.3) is 0 Å². The summed E-state index contributed by atoms with van der Waals surface area (Å²) in [6, 6.07) is 4.99. The lowest BCUT2D eigenvalue weighted by Crippen LogP contribution is -2.46. The van der Waals surface area contributed by atoms with Crippen molar-refractivity contribution >= 4 is 23.0 Å². The molecule has 1 heterocycles. The molecule has 1 aromatic rings. The Morgan fingerprint density at radius 1 is 1.63 bits per heavy atom. The van der Waals surface area contributed by atoms with Crippen LogP contribution in [-0.4, -0.2) is 44.3 Å². The van der Waals surface area contributed by atoms with Crippen LogP contribution in [0.15, 0.2) is 18.2 Å². The summed E-state index contributed by atoms with van der Waals surface area (Å²) in [5.41, 5.74) is 0.524. The molecular weight excluding hydrogens is 270 g/mol. The summed E-state index contributed by atoms with van der Waals surface area (Å²) in [7, 11) is 1.85. The van der Waals surface area contributed by atoms with Crippen LogP contribution in [0.1, 0.15) is 0 Å². The minimum absolute atomic E-state index is 0.0253. The highest BCUT2D eigenvalue weighted by molar-refractivity contribution is 6.33. The molecule has 0 aromatic heterocycles. The van der Waals surface area contributed by atoms with E-state index in [1.165, 1.54) is 6.07 Å². The van der Waals surface area contributed by atoms with Gasteiger partial charge in [-0.25, -0.2) is 0 Å². The van der Waals surface area contributed by atoms with Crippen molar-refractivity contribution in [3.63, 3.8) is 0 Å². The molecule has 1 fully saturated rings. The highest BCUT2D eigenvalue weighted by Crippen LogP contribution is 2.35. The number of nitro groups is 1. The van der Waals surface area contributed by atoms with Crippen LogP contribution in [-0.2, 0) is 4.74 Å². The van der Waals surface area contributed by atoms with E-state index >= 15 is 0 Å². The number of benzene rings is 1. The molecule has 1 saturated heterocycles. The van der Waals surface area contributed by atoms with Crippen molar-refractivity contribution < 1.29 is 9.66 Å². The molecule has 0 saturated carbocycles. The van der Waals surface area contributed by atoms with Gasteiger partial charge >= 0.3 is 5.69 Å². The molecule has 0 spiro atoms. The van der Waals surface area contributed by atoms with E-state index in [9.17, 15) is 10.1 Å². The van der Waals surface area contributed by atoms with Crippen molar-refractivity contribution in [1.82, 2.24) is 5.32 Å². The Labute approximate surface area is 116 Å². The number of nitrogens with zero attached hydrogens (tertiary/aromatic N) is 2. The number of likely N-dealkylation sites (N-methyl/N-ethyl adjacent to an activating group) is 1. The van der Waals surface area contributed by atoms with E-state index in [4.69, 9.17) is 16.3 Å². The number of para-hydroxylation sites is 1. The van der Waals surface area contributed by atoms with Gasteiger partial charge in [-0.3, -0.25) is 10.1 Å². The van der Waals surface area contributed by atoms with Gasteiger partial charge in [0, 0.05) is 19.6 Å². The number of anilines is 1. The molecule has 1 N–H and O–H groups in total. The number of ether oxygens (including phenoxy) is 1. The smallest absolute Gasteiger partial charge is 0.310 e. The fraction of sp³-hybridized carbons (Fsp3) is 0.500. The van der Waals surface area contributed by atoms with E-state index in [1.54, 1.807) is 12.1 Å². The number of hydrogen-bond donors (Lipinski definition) is 1. The van der Waals surface area contributed by atoms with E-state index in [0.29, 0.717) is 31.9 Å². The Kier molecular flexibility index (Phi) is 4.57. The summed E-state index contributed by atoms with van der Waals surface area (Å²) in [4.78, 5) is 12.7. The first kappa shape index (κ1) is 14.0. The Hall–Kier alpha value is -1.37. The number of nitrogens with one attached hydrogen (secondary N) is 1. The van der Waals surface area contributed by atoms with Crippen LogP contribution in [0.3, 0.4) is 0 Å². The second-order valence-corrected chi connectivity index (χ2v) is 4.77. The normalized spacial score (nSPS) is 19.5. The zero-order valence-corrected chi connectivity index (χ0v) is 11.4. The third-order valence-electron chi connectivity index (χ3n) is 3.06. The molecule has 19 heavy (non-hydrogen) atoms. The first-order chi connectivity index (χ1) is 9.13. The molecule has 2 rings (SSSR count). The molecule has 1 aromatic carbocycles. The van der Waals surface area contributed by atoms with Crippen molar-refractivity contribution in [1.29, 1.82) is 0 Å². The summed E-state index contributed by atoms with van der Waals surface area (Å²) >= 11 is 5.93. The molecule has 6 nitrogen and oxygen atoms in total. The standard InChI is InChI=1S/C12H16ClN3O3/c1-14-7-9-8-15(5-6-19-9)11-4-2-3-10(13)12(11)16(17)18/h2-4,9,14H,5-8H2,1H3. The summed E-state index contributed by atoms with van der Waals surface area (Å²) in [5.74, 6) is 0. The molecule has 0 radical (unpaired) electrons. The molecule has 0 aliphatic carbocycles. The van der Waals surface area contributed by atoms with Crippen molar-refractivity contribution in [2.75, 3.05) is 38.2 Å². The van der Waals surface area contributed by atoms with Crippen LogP contribution >= 0.6 is 11.6 Å². The van der Waals surface area contributed by atoms with Crippen LogP contribution in [0.5, 0.6) is 0 Å². The van der Waals surface area contributed by atoms with E-state index in [0.717, 1.165) is 0 Å². The fourth-order valence-electron chi connectivity index (χ4n) is 2.23. The minimum atomic E-state index is -0.430. The van der Waals surface area contributed by atoms with Crippen molar-refractivity contribution in [3.05, 3.63) is 33.3 Å². The summed E-state index contributed by atoms with van der Waals surface area (Å²) in [5, 5.41) is 14.4. The molecule has 1 aliphatic rings. The molecule has 1 unspecified atom stereocenters. The van der Waals surface area contributed by atoms with Gasteiger partial charge in [0.05, 0.1) is 17.6 Å². The number of hydrogen-bond acceptors (Lipinski definition) is 5.